The van der Waals surface area contributed by atoms with E-state index in [0.29, 0.717) is 16.9 Å². The highest BCUT2D eigenvalue weighted by Crippen LogP contribution is 2.25. The number of nitrogens with zero attached hydrogens (tertiary/aromatic N) is 1. The molecule has 1 unspecified atom stereocenters. The molecule has 18 heavy (non-hydrogen) atoms. The van der Waals surface area contributed by atoms with Crippen LogP contribution in [0.4, 0.5) is 8.78 Å². The van der Waals surface area contributed by atoms with Gasteiger partial charge in [0.2, 0.25) is 0 Å². The molecule has 0 amide bonds. The summed E-state index contributed by atoms with van der Waals surface area (Å²) in [5.74, 6) is -0.367. The minimum Gasteiger partial charge on any atom is -0.319 e. The van der Waals surface area contributed by atoms with Crippen molar-refractivity contribution < 1.29 is 8.78 Å². The van der Waals surface area contributed by atoms with Crippen LogP contribution in [0.5, 0.6) is 0 Å². The molecule has 2 rings (SSSR count). The van der Waals surface area contributed by atoms with Crippen LogP contribution in [-0.2, 0) is 6.54 Å². The fourth-order valence-corrected chi connectivity index (χ4v) is 2.82. The molecule has 0 radical (unpaired) electrons. The minimum atomic E-state index is -0.480. The molecule has 2 nitrogen and oxygen atoms in total. The number of benzene rings is 1. The number of nitrogens with one attached hydrogen (secondary N) is 1. The minimum absolute atomic E-state index is 0.162. The summed E-state index contributed by atoms with van der Waals surface area (Å²) in [6.45, 7) is 3.10. The third-order valence-corrected chi connectivity index (χ3v) is 4.00. The van der Waals surface area contributed by atoms with Crippen LogP contribution in [0.3, 0.4) is 0 Å². The van der Waals surface area contributed by atoms with Crippen LogP contribution in [0.25, 0.3) is 0 Å². The molecule has 0 saturated carbocycles. The quantitative estimate of drug-likeness (QED) is 0.859. The zero-order valence-electron chi connectivity index (χ0n) is 10.3. The highest BCUT2D eigenvalue weighted by Gasteiger charge is 2.24. The van der Waals surface area contributed by atoms with E-state index in [1.807, 2.05) is 7.05 Å². The summed E-state index contributed by atoms with van der Waals surface area (Å²) in [6.07, 6.45) is 1.08. The van der Waals surface area contributed by atoms with Crippen molar-refractivity contribution in [3.8, 4) is 0 Å². The Kier molecular flexibility index (Phi) is 4.70. The number of rotatable bonds is 4. The molecule has 0 bridgehead atoms. The largest absolute Gasteiger partial charge is 0.319 e. The van der Waals surface area contributed by atoms with Crippen molar-refractivity contribution in [1.82, 2.24) is 10.2 Å². The Balaban J connectivity index is 2.04. The van der Waals surface area contributed by atoms with E-state index in [4.69, 9.17) is 0 Å². The standard InChI is InChI=1S/C13H17BrF2N2/c1-17-6-9-4-5-18(7-9)8-10-12(15)3-2-11(14)13(10)16/h2-3,9,17H,4-8H2,1H3. The van der Waals surface area contributed by atoms with Gasteiger partial charge in [-0.25, -0.2) is 8.78 Å². The lowest BCUT2D eigenvalue weighted by Gasteiger charge is -2.17. The van der Waals surface area contributed by atoms with Crippen molar-refractivity contribution in [2.45, 2.75) is 13.0 Å². The van der Waals surface area contributed by atoms with Gasteiger partial charge in [-0.3, -0.25) is 4.90 Å². The second kappa shape index (κ2) is 6.08. The van der Waals surface area contributed by atoms with E-state index in [1.54, 1.807) is 0 Å². The van der Waals surface area contributed by atoms with Crippen LogP contribution in [0, 0.1) is 17.6 Å². The van der Waals surface area contributed by atoms with Crippen molar-refractivity contribution in [1.29, 1.82) is 0 Å². The number of hydrogen-bond donors (Lipinski definition) is 1. The Labute approximate surface area is 114 Å². The van der Waals surface area contributed by atoms with E-state index in [-0.39, 0.29) is 5.56 Å². The Morgan fingerprint density at radius 2 is 2.22 bits per heavy atom. The molecule has 1 atom stereocenters. The molecular weight excluding hydrogens is 302 g/mol. The lowest BCUT2D eigenvalue weighted by molar-refractivity contribution is 0.304. The first-order valence-corrected chi connectivity index (χ1v) is 6.90. The highest BCUT2D eigenvalue weighted by atomic mass is 79.9. The first-order valence-electron chi connectivity index (χ1n) is 6.11. The third kappa shape index (κ3) is 3.08. The predicted molar refractivity (Wildman–Crippen MR) is 71.4 cm³/mol. The fraction of sp³-hybridized carbons (Fsp3) is 0.538. The molecule has 5 heteroatoms. The molecule has 1 aliphatic rings. The first-order chi connectivity index (χ1) is 8.61. The second-order valence-electron chi connectivity index (χ2n) is 4.77. The lowest BCUT2D eigenvalue weighted by atomic mass is 10.1. The molecule has 1 heterocycles. The van der Waals surface area contributed by atoms with Gasteiger partial charge in [-0.15, -0.1) is 0 Å². The lowest BCUT2D eigenvalue weighted by Crippen LogP contribution is -2.25. The number of hydrogen-bond acceptors (Lipinski definition) is 2. The Morgan fingerprint density at radius 1 is 1.44 bits per heavy atom. The van der Waals surface area contributed by atoms with Crippen LogP contribution in [0.1, 0.15) is 12.0 Å². The molecule has 0 spiro atoms. The summed E-state index contributed by atoms with van der Waals surface area (Å²) in [4.78, 5) is 2.11. The molecule has 1 N–H and O–H groups in total. The summed E-state index contributed by atoms with van der Waals surface area (Å²) in [6, 6.07) is 2.71. The number of likely N-dealkylation sites (tertiary alicyclic amines) is 1. The third-order valence-electron chi connectivity index (χ3n) is 3.38. The second-order valence-corrected chi connectivity index (χ2v) is 5.62. The molecule has 1 aliphatic heterocycles. The molecule has 1 fully saturated rings. The van der Waals surface area contributed by atoms with Gasteiger partial charge in [0.15, 0.2) is 0 Å². The Bertz CT molecular complexity index is 426. The van der Waals surface area contributed by atoms with Crippen LogP contribution < -0.4 is 5.32 Å². The smallest absolute Gasteiger partial charge is 0.144 e. The average Bonchev–Trinajstić information content (AvgIpc) is 2.78. The zero-order valence-corrected chi connectivity index (χ0v) is 11.9. The normalized spacial score (nSPS) is 20.6. The van der Waals surface area contributed by atoms with Crippen molar-refractivity contribution in [3.05, 3.63) is 33.8 Å². The van der Waals surface area contributed by atoms with E-state index in [1.165, 1.54) is 12.1 Å². The van der Waals surface area contributed by atoms with E-state index in [0.717, 1.165) is 26.1 Å². The van der Waals surface area contributed by atoms with Crippen molar-refractivity contribution >= 4 is 15.9 Å². The van der Waals surface area contributed by atoms with E-state index in [2.05, 4.69) is 26.1 Å². The van der Waals surface area contributed by atoms with Gasteiger partial charge in [0, 0.05) is 18.7 Å². The van der Waals surface area contributed by atoms with Crippen LogP contribution in [0.2, 0.25) is 0 Å². The Hall–Kier alpha value is -0.520. The SMILES string of the molecule is CNCC1CCN(Cc2c(F)ccc(Br)c2F)C1. The summed E-state index contributed by atoms with van der Waals surface area (Å²) in [7, 11) is 1.93. The molecule has 0 aromatic heterocycles. The van der Waals surface area contributed by atoms with Crippen LogP contribution in [-0.4, -0.2) is 31.6 Å². The van der Waals surface area contributed by atoms with Crippen molar-refractivity contribution in [2.75, 3.05) is 26.7 Å². The zero-order chi connectivity index (χ0) is 13.1. The van der Waals surface area contributed by atoms with Gasteiger partial charge in [0.25, 0.3) is 0 Å². The van der Waals surface area contributed by atoms with Gasteiger partial charge in [-0.05, 0) is 60.5 Å². The van der Waals surface area contributed by atoms with Gasteiger partial charge in [0.05, 0.1) is 4.47 Å². The summed E-state index contributed by atoms with van der Waals surface area (Å²) < 4.78 is 27.8. The fourth-order valence-electron chi connectivity index (χ4n) is 2.45. The van der Waals surface area contributed by atoms with Gasteiger partial charge >= 0.3 is 0 Å². The first kappa shape index (κ1) is 13.9. The Morgan fingerprint density at radius 3 is 2.94 bits per heavy atom. The van der Waals surface area contributed by atoms with E-state index < -0.39 is 11.6 Å². The summed E-state index contributed by atoms with van der Waals surface area (Å²) in [5.41, 5.74) is 0.162. The van der Waals surface area contributed by atoms with E-state index >= 15 is 0 Å². The van der Waals surface area contributed by atoms with E-state index in [9.17, 15) is 8.78 Å². The number of halogens is 3. The molecule has 100 valence electrons. The van der Waals surface area contributed by atoms with Gasteiger partial charge < -0.3 is 5.32 Å². The predicted octanol–water partition coefficient (Wildman–Crippen LogP) is 2.77. The molecule has 0 aliphatic carbocycles. The summed E-state index contributed by atoms with van der Waals surface area (Å²) in [5, 5.41) is 3.14. The summed E-state index contributed by atoms with van der Waals surface area (Å²) >= 11 is 3.10. The molecule has 1 saturated heterocycles. The van der Waals surface area contributed by atoms with Crippen molar-refractivity contribution in [2.24, 2.45) is 5.92 Å². The van der Waals surface area contributed by atoms with Crippen molar-refractivity contribution in [3.63, 3.8) is 0 Å². The van der Waals surface area contributed by atoms with Gasteiger partial charge in [-0.1, -0.05) is 0 Å². The average molecular weight is 319 g/mol. The molecule has 1 aromatic rings. The van der Waals surface area contributed by atoms with Gasteiger partial charge in [-0.2, -0.15) is 0 Å². The van der Waals surface area contributed by atoms with Crippen LogP contribution >= 0.6 is 15.9 Å². The van der Waals surface area contributed by atoms with Gasteiger partial charge in [0.1, 0.15) is 11.6 Å². The maximum atomic E-state index is 13.8. The topological polar surface area (TPSA) is 15.3 Å². The van der Waals surface area contributed by atoms with Crippen LogP contribution in [0.15, 0.2) is 16.6 Å². The molecular formula is C13H17BrF2N2. The highest BCUT2D eigenvalue weighted by molar-refractivity contribution is 9.10. The maximum Gasteiger partial charge on any atom is 0.144 e. The molecule has 1 aromatic carbocycles. The monoisotopic (exact) mass is 318 g/mol. The maximum absolute atomic E-state index is 13.8.